The van der Waals surface area contributed by atoms with E-state index in [-0.39, 0.29) is 0 Å². The molecule has 1 heterocycles. The molecule has 1 aliphatic carbocycles. The zero-order valence-corrected chi connectivity index (χ0v) is 13.4. The first-order valence-corrected chi connectivity index (χ1v) is 8.21. The van der Waals surface area contributed by atoms with E-state index < -0.39 is 11.6 Å². The minimum Gasteiger partial charge on any atom is -0.255 e. The van der Waals surface area contributed by atoms with Gasteiger partial charge in [-0.3, -0.25) is 4.98 Å². The molecule has 0 amide bonds. The summed E-state index contributed by atoms with van der Waals surface area (Å²) in [6.07, 6.45) is 8.28. The van der Waals surface area contributed by atoms with E-state index >= 15 is 0 Å². The Morgan fingerprint density at radius 1 is 1.04 bits per heavy atom. The average Bonchev–Trinajstić information content (AvgIpc) is 2.63. The molecule has 2 aromatic rings. The van der Waals surface area contributed by atoms with Crippen LogP contribution in [-0.2, 0) is 0 Å². The smallest absolute Gasteiger partial charge is 0.159 e. The Morgan fingerprint density at radius 3 is 2.46 bits per heavy atom. The molecule has 1 aromatic carbocycles. The molecular formula is C21H19F2N. The first kappa shape index (κ1) is 16.4. The van der Waals surface area contributed by atoms with Gasteiger partial charge in [0.2, 0.25) is 0 Å². The second-order valence-electron chi connectivity index (χ2n) is 6.18. The lowest BCUT2D eigenvalue weighted by molar-refractivity contribution is 0.365. The Bertz CT molecular complexity index is 776. The highest BCUT2D eigenvalue weighted by Crippen LogP contribution is 2.28. The molecule has 0 radical (unpaired) electrons. The second kappa shape index (κ2) is 7.40. The van der Waals surface area contributed by atoms with Crippen LogP contribution in [0.4, 0.5) is 8.78 Å². The van der Waals surface area contributed by atoms with Gasteiger partial charge < -0.3 is 0 Å². The highest BCUT2D eigenvalue weighted by Gasteiger charge is 2.17. The predicted molar refractivity (Wildman–Crippen MR) is 92.1 cm³/mol. The van der Waals surface area contributed by atoms with Gasteiger partial charge in [0.25, 0.3) is 0 Å². The maximum atomic E-state index is 13.3. The number of pyridine rings is 1. The van der Waals surface area contributed by atoms with Gasteiger partial charge in [0.1, 0.15) is 0 Å². The third-order valence-corrected chi connectivity index (χ3v) is 4.50. The third kappa shape index (κ3) is 3.89. The van der Waals surface area contributed by atoms with Crippen molar-refractivity contribution in [2.24, 2.45) is 11.8 Å². The summed E-state index contributed by atoms with van der Waals surface area (Å²) in [6, 6.07) is 7.43. The molecule has 0 saturated heterocycles. The van der Waals surface area contributed by atoms with Gasteiger partial charge in [-0.2, -0.15) is 0 Å². The molecule has 3 rings (SSSR count). The lowest BCUT2D eigenvalue weighted by Crippen LogP contribution is -2.11. The van der Waals surface area contributed by atoms with Crippen molar-refractivity contribution in [2.75, 3.05) is 0 Å². The summed E-state index contributed by atoms with van der Waals surface area (Å²) in [5.41, 5.74) is 1.99. The Kier molecular flexibility index (Phi) is 5.05. The van der Waals surface area contributed by atoms with Gasteiger partial charge in [-0.25, -0.2) is 8.78 Å². The number of hydrogen-bond donors (Lipinski definition) is 0. The zero-order chi connectivity index (χ0) is 16.9. The van der Waals surface area contributed by atoms with Gasteiger partial charge in [0, 0.05) is 23.2 Å². The summed E-state index contributed by atoms with van der Waals surface area (Å²) in [6.45, 7) is 3.86. The summed E-state index contributed by atoms with van der Waals surface area (Å²) in [5.74, 6) is 5.85. The van der Waals surface area contributed by atoms with Crippen LogP contribution in [0, 0.1) is 35.3 Å². The van der Waals surface area contributed by atoms with E-state index in [1.807, 2.05) is 12.1 Å². The molecule has 122 valence electrons. The molecule has 1 saturated carbocycles. The summed E-state index contributed by atoms with van der Waals surface area (Å²) < 4.78 is 26.3. The SMILES string of the molecule is C=CC1CCC(C#Cc2ccc(-c3ccc(F)c(F)c3)nc2)CC1. The van der Waals surface area contributed by atoms with E-state index in [0.29, 0.717) is 23.1 Å². The van der Waals surface area contributed by atoms with Crippen molar-refractivity contribution < 1.29 is 8.78 Å². The first-order chi connectivity index (χ1) is 11.7. The third-order valence-electron chi connectivity index (χ3n) is 4.50. The van der Waals surface area contributed by atoms with Gasteiger partial charge in [0.15, 0.2) is 11.6 Å². The average molecular weight is 323 g/mol. The second-order valence-corrected chi connectivity index (χ2v) is 6.18. The highest BCUT2D eigenvalue weighted by molar-refractivity contribution is 5.59. The fourth-order valence-corrected chi connectivity index (χ4v) is 2.98. The molecule has 0 atom stereocenters. The monoisotopic (exact) mass is 323 g/mol. The van der Waals surface area contributed by atoms with Crippen LogP contribution < -0.4 is 0 Å². The van der Waals surface area contributed by atoms with Crippen LogP contribution in [0.5, 0.6) is 0 Å². The summed E-state index contributed by atoms with van der Waals surface area (Å²) in [4.78, 5) is 4.30. The number of aromatic nitrogens is 1. The van der Waals surface area contributed by atoms with Crippen LogP contribution in [0.1, 0.15) is 31.2 Å². The van der Waals surface area contributed by atoms with Crippen LogP contribution >= 0.6 is 0 Å². The van der Waals surface area contributed by atoms with Gasteiger partial charge in [-0.15, -0.1) is 6.58 Å². The fraction of sp³-hybridized carbons (Fsp3) is 0.286. The molecule has 3 heteroatoms. The quantitative estimate of drug-likeness (QED) is 0.535. The predicted octanol–water partition coefficient (Wildman–Crippen LogP) is 5.37. The van der Waals surface area contributed by atoms with Gasteiger partial charge in [-0.1, -0.05) is 17.9 Å². The van der Waals surface area contributed by atoms with E-state index in [1.165, 1.54) is 6.07 Å². The van der Waals surface area contributed by atoms with Gasteiger partial charge in [-0.05, 0) is 61.9 Å². The molecule has 0 spiro atoms. The number of halogens is 2. The van der Waals surface area contributed by atoms with Crippen LogP contribution in [0.2, 0.25) is 0 Å². The van der Waals surface area contributed by atoms with Gasteiger partial charge in [0.05, 0.1) is 5.69 Å². The first-order valence-electron chi connectivity index (χ1n) is 8.21. The zero-order valence-electron chi connectivity index (χ0n) is 13.4. The Hall–Kier alpha value is -2.47. The number of nitrogens with zero attached hydrogens (tertiary/aromatic N) is 1. The number of allylic oxidation sites excluding steroid dienone is 1. The van der Waals surface area contributed by atoms with E-state index in [4.69, 9.17) is 0 Å². The summed E-state index contributed by atoms with van der Waals surface area (Å²) in [7, 11) is 0. The van der Waals surface area contributed by atoms with Crippen molar-refractivity contribution in [2.45, 2.75) is 25.7 Å². The van der Waals surface area contributed by atoms with E-state index in [1.54, 1.807) is 12.3 Å². The van der Waals surface area contributed by atoms with Crippen molar-refractivity contribution >= 4 is 0 Å². The molecular weight excluding hydrogens is 304 g/mol. The molecule has 0 unspecified atom stereocenters. The highest BCUT2D eigenvalue weighted by atomic mass is 19.2. The maximum absolute atomic E-state index is 13.3. The largest absolute Gasteiger partial charge is 0.255 e. The van der Waals surface area contributed by atoms with E-state index in [0.717, 1.165) is 43.4 Å². The minimum atomic E-state index is -0.867. The Morgan fingerprint density at radius 2 is 1.83 bits per heavy atom. The molecule has 1 nitrogen and oxygen atoms in total. The lowest BCUT2D eigenvalue weighted by atomic mass is 9.82. The van der Waals surface area contributed by atoms with Crippen molar-refractivity contribution in [3.8, 4) is 23.1 Å². The summed E-state index contributed by atoms with van der Waals surface area (Å²) in [5, 5.41) is 0. The van der Waals surface area contributed by atoms with Crippen LogP contribution in [0.15, 0.2) is 49.2 Å². The molecule has 0 bridgehead atoms. The van der Waals surface area contributed by atoms with Crippen LogP contribution in [-0.4, -0.2) is 4.98 Å². The maximum Gasteiger partial charge on any atom is 0.159 e. The van der Waals surface area contributed by atoms with Gasteiger partial charge >= 0.3 is 0 Å². The fourth-order valence-electron chi connectivity index (χ4n) is 2.98. The Labute approximate surface area is 141 Å². The lowest BCUT2D eigenvalue weighted by Gasteiger charge is -2.22. The van der Waals surface area contributed by atoms with Crippen LogP contribution in [0.25, 0.3) is 11.3 Å². The van der Waals surface area contributed by atoms with Crippen molar-refractivity contribution in [3.63, 3.8) is 0 Å². The molecule has 0 N–H and O–H groups in total. The van der Waals surface area contributed by atoms with Crippen molar-refractivity contribution in [3.05, 3.63) is 66.4 Å². The minimum absolute atomic E-state index is 0.437. The molecule has 1 fully saturated rings. The molecule has 1 aromatic heterocycles. The topological polar surface area (TPSA) is 12.9 Å². The normalized spacial score (nSPS) is 20.1. The standard InChI is InChI=1S/C21H19F2N/c1-2-15-3-5-16(6-4-15)7-8-17-9-12-21(24-14-17)18-10-11-19(22)20(23)13-18/h2,9-16H,1,3-6H2. The Balaban J connectivity index is 1.68. The summed E-state index contributed by atoms with van der Waals surface area (Å²) >= 11 is 0. The van der Waals surface area contributed by atoms with Crippen molar-refractivity contribution in [1.29, 1.82) is 0 Å². The van der Waals surface area contributed by atoms with E-state index in [2.05, 4.69) is 23.4 Å². The molecule has 0 aliphatic heterocycles. The number of benzene rings is 1. The molecule has 24 heavy (non-hydrogen) atoms. The van der Waals surface area contributed by atoms with Crippen LogP contribution in [0.3, 0.4) is 0 Å². The molecule has 1 aliphatic rings. The number of hydrogen-bond acceptors (Lipinski definition) is 1. The van der Waals surface area contributed by atoms with E-state index in [9.17, 15) is 8.78 Å². The van der Waals surface area contributed by atoms with Crippen molar-refractivity contribution in [1.82, 2.24) is 4.98 Å². The number of rotatable bonds is 2.